The Morgan fingerprint density at radius 2 is 1.93 bits per heavy atom. The molecule has 0 radical (unpaired) electrons. The van der Waals surface area contributed by atoms with Gasteiger partial charge in [0.15, 0.2) is 6.61 Å². The molecule has 0 aliphatic heterocycles. The molecule has 0 saturated heterocycles. The van der Waals surface area contributed by atoms with Gasteiger partial charge in [0.1, 0.15) is 5.76 Å². The number of benzene rings is 1. The lowest BCUT2D eigenvalue weighted by molar-refractivity contribution is -0.384. The molecule has 4 aromatic rings. The number of nitrogens with zero attached hydrogens (tertiary/aromatic N) is 3. The predicted octanol–water partition coefficient (Wildman–Crippen LogP) is 4.32. The molecule has 28 heavy (non-hydrogen) atoms. The Labute approximate surface area is 161 Å². The normalized spacial score (nSPS) is 10.7. The van der Waals surface area contributed by atoms with Gasteiger partial charge in [-0.15, -0.1) is 21.5 Å². The number of carbonyl (C=O) groups is 1. The summed E-state index contributed by atoms with van der Waals surface area (Å²) in [6.45, 7) is -0.190. The van der Waals surface area contributed by atoms with Crippen molar-refractivity contribution in [3.8, 4) is 22.1 Å². The van der Waals surface area contributed by atoms with Crippen LogP contribution in [0.2, 0.25) is 0 Å². The van der Waals surface area contributed by atoms with Crippen molar-refractivity contribution in [1.29, 1.82) is 0 Å². The second-order valence-corrected chi connectivity index (χ2v) is 6.47. The Balaban J connectivity index is 1.40. The van der Waals surface area contributed by atoms with E-state index in [1.165, 1.54) is 41.7 Å². The highest BCUT2D eigenvalue weighted by Gasteiger charge is 2.17. The van der Waals surface area contributed by atoms with E-state index in [2.05, 4.69) is 10.2 Å². The maximum atomic E-state index is 12.1. The molecule has 0 unspecified atom stereocenters. The fraction of sp³-hybridized carbons (Fsp3) is 0.0556. The fourth-order valence-corrected chi connectivity index (χ4v) is 3.00. The molecule has 0 N–H and O–H groups in total. The van der Waals surface area contributed by atoms with Crippen molar-refractivity contribution in [1.82, 2.24) is 10.2 Å². The fourth-order valence-electron chi connectivity index (χ4n) is 2.36. The molecule has 0 bridgehead atoms. The number of nitro groups is 1. The topological polar surface area (TPSA) is 122 Å². The summed E-state index contributed by atoms with van der Waals surface area (Å²) >= 11 is 1.46. The van der Waals surface area contributed by atoms with Crippen molar-refractivity contribution in [2.45, 2.75) is 6.61 Å². The van der Waals surface area contributed by atoms with E-state index < -0.39 is 10.9 Å². The third-order valence-corrected chi connectivity index (χ3v) is 4.55. The molecular formula is C18H11N3O6S. The summed E-state index contributed by atoms with van der Waals surface area (Å²) in [5.74, 6) is 0.216. The second kappa shape index (κ2) is 7.45. The minimum atomic E-state index is -0.691. The molecule has 0 aliphatic carbocycles. The van der Waals surface area contributed by atoms with E-state index in [9.17, 15) is 14.9 Å². The van der Waals surface area contributed by atoms with Gasteiger partial charge in [-0.05, 0) is 35.7 Å². The highest BCUT2D eigenvalue weighted by atomic mass is 32.1. The average molecular weight is 397 g/mol. The van der Waals surface area contributed by atoms with Crippen molar-refractivity contribution < 1.29 is 23.3 Å². The van der Waals surface area contributed by atoms with E-state index in [0.717, 1.165) is 4.88 Å². The SMILES string of the molecule is O=C(OCc1nnc(-c2cccs2)o1)c1ccc(-c2ccc([N+](=O)[O-])cc2)o1. The number of aromatic nitrogens is 2. The quantitative estimate of drug-likeness (QED) is 0.268. The summed E-state index contributed by atoms with van der Waals surface area (Å²) in [6, 6.07) is 12.5. The van der Waals surface area contributed by atoms with E-state index in [1.54, 1.807) is 6.07 Å². The van der Waals surface area contributed by atoms with E-state index in [4.69, 9.17) is 13.6 Å². The smallest absolute Gasteiger partial charge is 0.374 e. The van der Waals surface area contributed by atoms with Crippen LogP contribution in [0.5, 0.6) is 0 Å². The van der Waals surface area contributed by atoms with Crippen LogP contribution < -0.4 is 0 Å². The molecule has 4 rings (SSSR count). The number of furan rings is 1. The van der Waals surface area contributed by atoms with Gasteiger partial charge in [-0.25, -0.2) is 4.79 Å². The molecular weight excluding hydrogens is 386 g/mol. The monoisotopic (exact) mass is 397 g/mol. The number of carbonyl (C=O) groups excluding carboxylic acids is 1. The molecule has 1 aromatic carbocycles. The number of nitro benzene ring substituents is 1. The molecule has 0 amide bonds. The third-order valence-electron chi connectivity index (χ3n) is 3.70. The maximum Gasteiger partial charge on any atom is 0.374 e. The number of non-ortho nitro benzene ring substituents is 1. The third kappa shape index (κ3) is 3.67. The summed E-state index contributed by atoms with van der Waals surface area (Å²) in [5, 5.41) is 20.3. The number of hydrogen-bond donors (Lipinski definition) is 0. The lowest BCUT2D eigenvalue weighted by Crippen LogP contribution is -2.04. The van der Waals surface area contributed by atoms with Gasteiger partial charge in [0.05, 0.1) is 9.80 Å². The van der Waals surface area contributed by atoms with Crippen LogP contribution in [0.3, 0.4) is 0 Å². The molecule has 0 saturated carbocycles. The highest BCUT2D eigenvalue weighted by molar-refractivity contribution is 7.13. The summed E-state index contributed by atoms with van der Waals surface area (Å²) in [7, 11) is 0. The molecule has 0 aliphatic rings. The minimum absolute atomic E-state index is 0.00801. The molecule has 10 heteroatoms. The van der Waals surface area contributed by atoms with Gasteiger partial charge in [-0.2, -0.15) is 0 Å². The van der Waals surface area contributed by atoms with E-state index in [1.807, 2.05) is 17.5 Å². The zero-order valence-corrected chi connectivity index (χ0v) is 14.9. The van der Waals surface area contributed by atoms with Crippen molar-refractivity contribution in [2.24, 2.45) is 0 Å². The molecule has 0 spiro atoms. The summed E-state index contributed by atoms with van der Waals surface area (Å²) in [5.41, 5.74) is 0.568. The molecule has 140 valence electrons. The van der Waals surface area contributed by atoms with E-state index >= 15 is 0 Å². The van der Waals surface area contributed by atoms with Crippen molar-refractivity contribution in [2.75, 3.05) is 0 Å². The molecule has 0 fully saturated rings. The Kier molecular flexibility index (Phi) is 4.68. The summed E-state index contributed by atoms with van der Waals surface area (Å²) < 4.78 is 16.0. The van der Waals surface area contributed by atoms with Crippen LogP contribution in [0.25, 0.3) is 22.1 Å². The summed E-state index contributed by atoms with van der Waals surface area (Å²) in [6.07, 6.45) is 0. The Bertz CT molecular complexity index is 1110. The predicted molar refractivity (Wildman–Crippen MR) is 97.5 cm³/mol. The Hall–Kier alpha value is -3.79. The van der Waals surface area contributed by atoms with Crippen molar-refractivity contribution in [3.63, 3.8) is 0 Å². The molecule has 3 aromatic heterocycles. The number of hydrogen-bond acceptors (Lipinski definition) is 9. The Morgan fingerprint density at radius 3 is 2.64 bits per heavy atom. The maximum absolute atomic E-state index is 12.1. The first-order valence-corrected chi connectivity index (χ1v) is 8.86. The average Bonchev–Trinajstić information content (AvgIpc) is 3.47. The van der Waals surface area contributed by atoms with Crippen LogP contribution in [0.15, 0.2) is 62.7 Å². The standard InChI is InChI=1S/C18H11N3O6S/c22-18(25-10-16-19-20-17(27-16)15-2-1-9-28-15)14-8-7-13(26-14)11-3-5-12(6-4-11)21(23)24/h1-9H,10H2. The first-order valence-electron chi connectivity index (χ1n) is 7.98. The molecule has 3 heterocycles. The van der Waals surface area contributed by atoms with Gasteiger partial charge in [0.2, 0.25) is 5.76 Å². The molecule has 9 nitrogen and oxygen atoms in total. The summed E-state index contributed by atoms with van der Waals surface area (Å²) in [4.78, 5) is 23.2. The largest absolute Gasteiger partial charge is 0.450 e. The number of ether oxygens (including phenoxy) is 1. The number of thiophene rings is 1. The van der Waals surface area contributed by atoms with Gasteiger partial charge in [-0.1, -0.05) is 6.07 Å². The number of rotatable bonds is 6. The van der Waals surface area contributed by atoms with Gasteiger partial charge in [0, 0.05) is 17.7 Å². The first kappa shape index (κ1) is 17.6. The van der Waals surface area contributed by atoms with Gasteiger partial charge in [-0.3, -0.25) is 10.1 Å². The van der Waals surface area contributed by atoms with Crippen molar-refractivity contribution in [3.05, 3.63) is 75.7 Å². The number of esters is 1. The van der Waals surface area contributed by atoms with Crippen LogP contribution in [0, 0.1) is 10.1 Å². The zero-order chi connectivity index (χ0) is 19.5. The second-order valence-electron chi connectivity index (χ2n) is 5.52. The van der Waals surface area contributed by atoms with Crippen LogP contribution in [-0.4, -0.2) is 21.1 Å². The van der Waals surface area contributed by atoms with Crippen LogP contribution in [0.1, 0.15) is 16.4 Å². The van der Waals surface area contributed by atoms with Gasteiger partial charge >= 0.3 is 5.97 Å². The van der Waals surface area contributed by atoms with Crippen LogP contribution in [-0.2, 0) is 11.3 Å². The van der Waals surface area contributed by atoms with E-state index in [-0.39, 0.29) is 23.9 Å². The van der Waals surface area contributed by atoms with Crippen LogP contribution in [0.4, 0.5) is 5.69 Å². The van der Waals surface area contributed by atoms with Crippen LogP contribution >= 0.6 is 11.3 Å². The molecule has 0 atom stereocenters. The minimum Gasteiger partial charge on any atom is -0.450 e. The lowest BCUT2D eigenvalue weighted by atomic mass is 10.1. The first-order chi connectivity index (χ1) is 13.6. The zero-order valence-electron chi connectivity index (χ0n) is 14.1. The van der Waals surface area contributed by atoms with Gasteiger partial charge in [0.25, 0.3) is 17.5 Å². The van der Waals surface area contributed by atoms with E-state index in [0.29, 0.717) is 17.2 Å². The van der Waals surface area contributed by atoms with Gasteiger partial charge < -0.3 is 13.6 Å². The Morgan fingerprint density at radius 1 is 1.11 bits per heavy atom. The highest BCUT2D eigenvalue weighted by Crippen LogP contribution is 2.25. The lowest BCUT2D eigenvalue weighted by Gasteiger charge is -1.99. The van der Waals surface area contributed by atoms with Crippen molar-refractivity contribution >= 4 is 23.0 Å².